The summed E-state index contributed by atoms with van der Waals surface area (Å²) in [5, 5.41) is 0. The molecule has 2 fully saturated rings. The molecular weight excluding hydrogens is 308 g/mol. The maximum absolute atomic E-state index is 13.1. The minimum atomic E-state index is 0.0569. The summed E-state index contributed by atoms with van der Waals surface area (Å²) in [5.41, 5.74) is 1.24. The molecule has 3 heterocycles. The molecule has 0 spiro atoms. The molecule has 4 rings (SSSR count). The van der Waals surface area contributed by atoms with Gasteiger partial charge in [0.25, 0.3) is 0 Å². The van der Waals surface area contributed by atoms with E-state index in [9.17, 15) is 4.79 Å². The van der Waals surface area contributed by atoms with Crippen LogP contribution in [0.5, 0.6) is 0 Å². The van der Waals surface area contributed by atoms with Crippen LogP contribution in [0.15, 0.2) is 29.2 Å². The molecule has 2 atom stereocenters. The van der Waals surface area contributed by atoms with E-state index in [2.05, 4.69) is 34.1 Å². The Morgan fingerprint density at radius 2 is 2.04 bits per heavy atom. The first-order valence-corrected chi connectivity index (χ1v) is 9.64. The molecule has 0 aliphatic carbocycles. The van der Waals surface area contributed by atoms with Gasteiger partial charge in [-0.1, -0.05) is 18.2 Å². The van der Waals surface area contributed by atoms with Crippen LogP contribution in [0.2, 0.25) is 0 Å². The Bertz CT molecular complexity index is 574. The summed E-state index contributed by atoms with van der Waals surface area (Å²) in [7, 11) is 0. The molecule has 5 heteroatoms. The van der Waals surface area contributed by atoms with Gasteiger partial charge in [0.1, 0.15) is 0 Å². The number of morpholine rings is 1. The number of carbonyl (C=O) groups excluding carboxylic acids is 1. The van der Waals surface area contributed by atoms with E-state index in [1.165, 1.54) is 10.5 Å². The van der Waals surface area contributed by atoms with Crippen molar-refractivity contribution in [3.63, 3.8) is 0 Å². The summed E-state index contributed by atoms with van der Waals surface area (Å²) in [6, 6.07) is 8.78. The van der Waals surface area contributed by atoms with E-state index in [0.717, 1.165) is 58.0 Å². The number of amides is 1. The number of thioether (sulfide) groups is 1. The number of fused-ring (bicyclic) bond motifs is 1. The molecule has 0 unspecified atom stereocenters. The van der Waals surface area contributed by atoms with E-state index >= 15 is 0 Å². The number of nitrogens with zero attached hydrogens (tertiary/aromatic N) is 2. The van der Waals surface area contributed by atoms with Gasteiger partial charge in [0.05, 0.1) is 19.1 Å². The molecule has 1 aromatic rings. The van der Waals surface area contributed by atoms with Gasteiger partial charge in [-0.05, 0) is 24.5 Å². The van der Waals surface area contributed by atoms with Crippen molar-refractivity contribution in [2.45, 2.75) is 29.7 Å². The third kappa shape index (κ3) is 3.14. The summed E-state index contributed by atoms with van der Waals surface area (Å²) in [6.07, 6.45) is 2.28. The Kier molecular flexibility index (Phi) is 4.60. The summed E-state index contributed by atoms with van der Waals surface area (Å²) >= 11 is 1.83. The van der Waals surface area contributed by atoms with Crippen molar-refractivity contribution in [2.75, 3.05) is 45.1 Å². The Morgan fingerprint density at radius 1 is 1.22 bits per heavy atom. The van der Waals surface area contributed by atoms with E-state index in [-0.39, 0.29) is 5.92 Å². The minimum absolute atomic E-state index is 0.0569. The van der Waals surface area contributed by atoms with Crippen molar-refractivity contribution in [1.82, 2.24) is 9.80 Å². The molecule has 0 radical (unpaired) electrons. The van der Waals surface area contributed by atoms with E-state index in [1.807, 2.05) is 11.8 Å². The Labute approximate surface area is 142 Å². The second-order valence-corrected chi connectivity index (χ2v) is 7.70. The molecule has 124 valence electrons. The predicted octanol–water partition coefficient (Wildman–Crippen LogP) is 2.20. The number of carbonyl (C=O) groups is 1. The van der Waals surface area contributed by atoms with Gasteiger partial charge in [-0.3, -0.25) is 9.69 Å². The fourth-order valence-corrected chi connectivity index (χ4v) is 5.18. The normalized spacial score (nSPS) is 28.1. The van der Waals surface area contributed by atoms with Crippen LogP contribution >= 0.6 is 11.8 Å². The van der Waals surface area contributed by atoms with Crippen LogP contribution in [0.3, 0.4) is 0 Å². The fraction of sp³-hybridized carbons (Fsp3) is 0.611. The van der Waals surface area contributed by atoms with Gasteiger partial charge in [-0.15, -0.1) is 11.8 Å². The smallest absolute Gasteiger partial charge is 0.231 e. The largest absolute Gasteiger partial charge is 0.379 e. The first-order chi connectivity index (χ1) is 11.3. The van der Waals surface area contributed by atoms with Crippen molar-refractivity contribution < 1.29 is 9.53 Å². The summed E-state index contributed by atoms with van der Waals surface area (Å²) < 4.78 is 5.43. The SMILES string of the molecule is O=C([C@@H]1CSc2ccccc21)N1CCC[C@H]1CN1CCOCC1. The number of hydrogen-bond acceptors (Lipinski definition) is 4. The lowest BCUT2D eigenvalue weighted by Crippen LogP contribution is -2.47. The zero-order chi connectivity index (χ0) is 15.6. The molecule has 0 aromatic heterocycles. The quantitative estimate of drug-likeness (QED) is 0.849. The lowest BCUT2D eigenvalue weighted by Gasteiger charge is -2.34. The van der Waals surface area contributed by atoms with E-state index in [1.54, 1.807) is 0 Å². The van der Waals surface area contributed by atoms with Gasteiger partial charge in [0, 0.05) is 42.9 Å². The Morgan fingerprint density at radius 3 is 2.91 bits per heavy atom. The fourth-order valence-electron chi connectivity index (χ4n) is 3.96. The van der Waals surface area contributed by atoms with Crippen molar-refractivity contribution in [1.29, 1.82) is 0 Å². The van der Waals surface area contributed by atoms with Crippen LogP contribution in [0.25, 0.3) is 0 Å². The van der Waals surface area contributed by atoms with E-state index < -0.39 is 0 Å². The maximum atomic E-state index is 13.1. The highest BCUT2D eigenvalue weighted by Gasteiger charge is 2.37. The van der Waals surface area contributed by atoms with Crippen molar-refractivity contribution in [3.8, 4) is 0 Å². The number of likely N-dealkylation sites (tertiary alicyclic amines) is 1. The molecular formula is C18H24N2O2S. The molecule has 3 aliphatic heterocycles. The number of ether oxygens (including phenoxy) is 1. The number of benzene rings is 1. The van der Waals surface area contributed by atoms with Gasteiger partial charge in [0.15, 0.2) is 0 Å². The Hall–Kier alpha value is -1.04. The van der Waals surface area contributed by atoms with Crippen LogP contribution in [0.1, 0.15) is 24.3 Å². The second kappa shape index (κ2) is 6.83. The predicted molar refractivity (Wildman–Crippen MR) is 91.9 cm³/mol. The summed E-state index contributed by atoms with van der Waals surface area (Å²) in [4.78, 5) is 19.0. The van der Waals surface area contributed by atoms with Gasteiger partial charge >= 0.3 is 0 Å². The summed E-state index contributed by atoms with van der Waals surface area (Å²) in [5.74, 6) is 1.30. The van der Waals surface area contributed by atoms with Crippen molar-refractivity contribution >= 4 is 17.7 Å². The zero-order valence-corrected chi connectivity index (χ0v) is 14.3. The van der Waals surface area contributed by atoms with Crippen molar-refractivity contribution in [2.24, 2.45) is 0 Å². The van der Waals surface area contributed by atoms with Gasteiger partial charge < -0.3 is 9.64 Å². The van der Waals surface area contributed by atoms with Crippen LogP contribution < -0.4 is 0 Å². The molecule has 1 amide bonds. The molecule has 4 nitrogen and oxygen atoms in total. The average Bonchev–Trinajstić information content (AvgIpc) is 3.22. The van der Waals surface area contributed by atoms with Crippen molar-refractivity contribution in [3.05, 3.63) is 29.8 Å². The van der Waals surface area contributed by atoms with E-state index in [0.29, 0.717) is 11.9 Å². The molecule has 3 aliphatic rings. The third-order valence-corrected chi connectivity index (χ3v) is 6.41. The highest BCUT2D eigenvalue weighted by Crippen LogP contribution is 2.41. The van der Waals surface area contributed by atoms with Crippen LogP contribution in [0.4, 0.5) is 0 Å². The molecule has 0 saturated carbocycles. The van der Waals surface area contributed by atoms with Crippen LogP contribution in [-0.4, -0.2) is 66.9 Å². The monoisotopic (exact) mass is 332 g/mol. The number of hydrogen-bond donors (Lipinski definition) is 0. The standard InChI is InChI=1S/C18H24N2O2S/c21-18(16-13-23-17-6-2-1-5-15(16)17)20-7-3-4-14(20)12-19-8-10-22-11-9-19/h1-2,5-6,14,16H,3-4,7-13H2/t14-,16+/m0/s1. The first kappa shape index (κ1) is 15.5. The third-order valence-electron chi connectivity index (χ3n) is 5.23. The zero-order valence-electron chi connectivity index (χ0n) is 13.4. The topological polar surface area (TPSA) is 32.8 Å². The first-order valence-electron chi connectivity index (χ1n) is 8.65. The molecule has 0 N–H and O–H groups in total. The Balaban J connectivity index is 1.45. The molecule has 23 heavy (non-hydrogen) atoms. The average molecular weight is 332 g/mol. The molecule has 0 bridgehead atoms. The highest BCUT2D eigenvalue weighted by molar-refractivity contribution is 7.99. The minimum Gasteiger partial charge on any atom is -0.379 e. The summed E-state index contributed by atoms with van der Waals surface area (Å²) in [6.45, 7) is 5.59. The van der Waals surface area contributed by atoms with E-state index in [4.69, 9.17) is 4.74 Å². The molecule has 1 aromatic carbocycles. The second-order valence-electron chi connectivity index (χ2n) is 6.64. The molecule has 2 saturated heterocycles. The lowest BCUT2D eigenvalue weighted by atomic mass is 9.99. The maximum Gasteiger partial charge on any atom is 0.231 e. The van der Waals surface area contributed by atoms with Crippen LogP contribution in [-0.2, 0) is 9.53 Å². The number of rotatable bonds is 3. The lowest BCUT2D eigenvalue weighted by molar-refractivity contribution is -0.133. The van der Waals surface area contributed by atoms with Gasteiger partial charge in [0.2, 0.25) is 5.91 Å². The highest BCUT2D eigenvalue weighted by atomic mass is 32.2. The van der Waals surface area contributed by atoms with Crippen LogP contribution in [0, 0.1) is 0 Å². The van der Waals surface area contributed by atoms with Gasteiger partial charge in [-0.25, -0.2) is 0 Å². The van der Waals surface area contributed by atoms with Gasteiger partial charge in [-0.2, -0.15) is 0 Å².